The molecule has 400 valence electrons. The van der Waals surface area contributed by atoms with Gasteiger partial charge in [0.1, 0.15) is 25.7 Å². The highest BCUT2D eigenvalue weighted by molar-refractivity contribution is 6.00. The van der Waals surface area contributed by atoms with Crippen LogP contribution in [0.3, 0.4) is 0 Å². The number of carboxylic acid groups (broad SMARTS) is 1. The van der Waals surface area contributed by atoms with Crippen molar-refractivity contribution >= 4 is 23.4 Å². The third-order valence-electron chi connectivity index (χ3n) is 14.9. The average molecular weight is 1030 g/mol. The number of aliphatic carboxylic acids is 1. The van der Waals surface area contributed by atoms with Crippen LogP contribution in [0.4, 0.5) is 26.3 Å². The van der Waals surface area contributed by atoms with Gasteiger partial charge in [-0.2, -0.15) is 26.3 Å². The number of hydrogen-bond donors (Lipinski definition) is 2. The van der Waals surface area contributed by atoms with E-state index in [1.165, 1.54) is 12.1 Å². The van der Waals surface area contributed by atoms with Crippen molar-refractivity contribution in [3.8, 4) is 0 Å². The number of carboxylic acids is 1. The van der Waals surface area contributed by atoms with Gasteiger partial charge >= 0.3 is 24.3 Å². The van der Waals surface area contributed by atoms with Gasteiger partial charge in [0, 0.05) is 38.3 Å². The molecule has 4 aromatic carbocycles. The molecule has 0 amide bonds. The second-order valence-corrected chi connectivity index (χ2v) is 20.3. The van der Waals surface area contributed by atoms with Gasteiger partial charge in [0.05, 0.1) is 28.5 Å². The minimum absolute atomic E-state index is 0.0671. The lowest BCUT2D eigenvalue weighted by Crippen LogP contribution is -2.50. The molecule has 2 aliphatic carbocycles. The number of benzene rings is 4. The van der Waals surface area contributed by atoms with E-state index in [0.29, 0.717) is 66.3 Å². The van der Waals surface area contributed by atoms with Gasteiger partial charge in [-0.05, 0) is 132 Å². The molecular formula is C58H70F6N4O6. The van der Waals surface area contributed by atoms with Gasteiger partial charge < -0.3 is 24.8 Å². The summed E-state index contributed by atoms with van der Waals surface area (Å²) in [7, 11) is 0. The first-order valence-electron chi connectivity index (χ1n) is 26.2. The number of aryl methyl sites for hydroxylation is 2. The first kappa shape index (κ1) is 56.0. The monoisotopic (exact) mass is 1030 g/mol. The van der Waals surface area contributed by atoms with Crippen molar-refractivity contribution in [3.63, 3.8) is 0 Å². The Morgan fingerprint density at radius 3 is 1.74 bits per heavy atom. The van der Waals surface area contributed by atoms with Crippen molar-refractivity contribution in [2.75, 3.05) is 26.2 Å². The number of rotatable bonds is 22. The van der Waals surface area contributed by atoms with Crippen molar-refractivity contribution in [1.82, 2.24) is 10.2 Å². The van der Waals surface area contributed by atoms with Crippen LogP contribution in [0.25, 0.3) is 0 Å². The molecule has 3 aliphatic rings. The lowest BCUT2D eigenvalue weighted by Gasteiger charge is -2.38. The molecule has 74 heavy (non-hydrogen) atoms. The van der Waals surface area contributed by atoms with E-state index >= 15 is 0 Å². The Bertz CT molecular complexity index is 2610. The summed E-state index contributed by atoms with van der Waals surface area (Å²) < 4.78 is 90.0. The van der Waals surface area contributed by atoms with Crippen LogP contribution in [0.2, 0.25) is 0 Å². The number of nitrogens with zero attached hydrogens (tertiary/aromatic N) is 3. The highest BCUT2D eigenvalue weighted by atomic mass is 19.4. The molecule has 2 N–H and O–H groups in total. The van der Waals surface area contributed by atoms with Gasteiger partial charge in [-0.1, -0.05) is 117 Å². The summed E-state index contributed by atoms with van der Waals surface area (Å²) in [5.74, 6) is -3.04. The Kier molecular flexibility index (Phi) is 19.4. The molecule has 16 heteroatoms. The van der Waals surface area contributed by atoms with E-state index in [2.05, 4.69) is 20.5 Å². The quantitative estimate of drug-likeness (QED) is 0.0345. The van der Waals surface area contributed by atoms with E-state index in [1.54, 1.807) is 38.1 Å². The number of esters is 1. The predicted octanol–water partition coefficient (Wildman–Crippen LogP) is 13.3. The summed E-state index contributed by atoms with van der Waals surface area (Å²) in [5, 5.41) is 21.6. The van der Waals surface area contributed by atoms with Crippen molar-refractivity contribution in [1.29, 1.82) is 0 Å². The van der Waals surface area contributed by atoms with Gasteiger partial charge in [-0.15, -0.1) is 0 Å². The van der Waals surface area contributed by atoms with Crippen molar-refractivity contribution in [2.45, 2.75) is 155 Å². The largest absolute Gasteiger partial charge is 0.481 e. The van der Waals surface area contributed by atoms with Crippen molar-refractivity contribution in [2.24, 2.45) is 22.1 Å². The fourth-order valence-corrected chi connectivity index (χ4v) is 10.7. The lowest BCUT2D eigenvalue weighted by atomic mass is 9.81. The maximum Gasteiger partial charge on any atom is 0.416 e. The molecule has 10 nitrogen and oxygen atoms in total. The predicted molar refractivity (Wildman–Crippen MR) is 273 cm³/mol. The molecular weight excluding hydrogens is 963 g/mol. The van der Waals surface area contributed by atoms with Crippen LogP contribution in [0, 0.1) is 11.8 Å². The minimum Gasteiger partial charge on any atom is -0.481 e. The van der Waals surface area contributed by atoms with Crippen LogP contribution in [0.1, 0.15) is 171 Å². The Morgan fingerprint density at radius 2 is 1.22 bits per heavy atom. The van der Waals surface area contributed by atoms with Gasteiger partial charge in [-0.25, -0.2) is 0 Å². The Balaban J connectivity index is 0.837. The van der Waals surface area contributed by atoms with E-state index in [1.807, 2.05) is 50.2 Å². The second-order valence-electron chi connectivity index (χ2n) is 20.3. The fourth-order valence-electron chi connectivity index (χ4n) is 10.7. The summed E-state index contributed by atoms with van der Waals surface area (Å²) >= 11 is 0. The molecule has 0 spiro atoms. The van der Waals surface area contributed by atoms with Crippen LogP contribution < -0.4 is 5.32 Å². The highest BCUT2D eigenvalue weighted by Crippen LogP contribution is 2.43. The molecule has 7 rings (SSSR count). The van der Waals surface area contributed by atoms with E-state index in [9.17, 15) is 41.0 Å². The SMILES string of the molecule is CCc1cc(C(C)=NOCc2ccc(C3CCCCC3)c(C(F)(F)F)c2)ccc1CN1CC(C(=O)OCC(CNCc2ccc(C(C)=NOCc3ccc(C4CCCCC4)c(C(F)(F)F)c3)c(CC)c2)C(=O)O)C1. The normalized spacial score (nSPS) is 17.2. The number of alkyl halides is 6. The van der Waals surface area contributed by atoms with E-state index in [0.717, 1.165) is 104 Å². The van der Waals surface area contributed by atoms with E-state index < -0.39 is 41.3 Å². The summed E-state index contributed by atoms with van der Waals surface area (Å²) in [6.07, 6.45) is 1.45. The van der Waals surface area contributed by atoms with E-state index in [-0.39, 0.29) is 44.1 Å². The number of halogens is 6. The fraction of sp³-hybridized carbons (Fsp3) is 0.517. The third kappa shape index (κ3) is 15.0. The molecule has 0 bridgehead atoms. The molecule has 1 heterocycles. The first-order valence-corrected chi connectivity index (χ1v) is 26.2. The Labute approximate surface area is 430 Å². The summed E-state index contributed by atoms with van der Waals surface area (Å²) in [4.78, 5) is 38.5. The number of carbonyl (C=O) groups is 2. The summed E-state index contributed by atoms with van der Waals surface area (Å²) in [6.45, 7) is 9.10. The maximum atomic E-state index is 14.1. The van der Waals surface area contributed by atoms with Crippen molar-refractivity contribution in [3.05, 3.63) is 140 Å². The van der Waals surface area contributed by atoms with Gasteiger partial charge in [0.15, 0.2) is 0 Å². The topological polar surface area (TPSA) is 122 Å². The van der Waals surface area contributed by atoms with Gasteiger partial charge in [0.25, 0.3) is 0 Å². The van der Waals surface area contributed by atoms with Gasteiger partial charge in [-0.3, -0.25) is 14.5 Å². The lowest BCUT2D eigenvalue weighted by molar-refractivity contribution is -0.159. The Morgan fingerprint density at radius 1 is 0.676 bits per heavy atom. The van der Waals surface area contributed by atoms with Crippen molar-refractivity contribution < 1.29 is 55.5 Å². The maximum absolute atomic E-state index is 14.1. The van der Waals surface area contributed by atoms with Gasteiger partial charge in [0.2, 0.25) is 0 Å². The summed E-state index contributed by atoms with van der Waals surface area (Å²) in [6, 6.07) is 20.7. The minimum atomic E-state index is -4.46. The molecule has 1 atom stereocenters. The van der Waals surface area contributed by atoms with Crippen LogP contribution in [0.15, 0.2) is 83.1 Å². The van der Waals surface area contributed by atoms with E-state index in [4.69, 9.17) is 14.4 Å². The van der Waals surface area contributed by atoms with Crippen LogP contribution in [0.5, 0.6) is 0 Å². The zero-order valence-corrected chi connectivity index (χ0v) is 43.0. The number of oxime groups is 2. The number of nitrogens with one attached hydrogen (secondary N) is 1. The zero-order valence-electron chi connectivity index (χ0n) is 43.0. The second kappa shape index (κ2) is 25.7. The van der Waals surface area contributed by atoms with Crippen LogP contribution in [-0.4, -0.2) is 59.6 Å². The number of carbonyl (C=O) groups excluding carboxylic acids is 1. The molecule has 1 saturated heterocycles. The number of likely N-dealkylation sites (tertiary alicyclic amines) is 1. The third-order valence-corrected chi connectivity index (χ3v) is 14.9. The molecule has 3 fully saturated rings. The van der Waals surface area contributed by atoms with Crippen LogP contribution in [-0.2, 0) is 75.5 Å². The highest BCUT2D eigenvalue weighted by Gasteiger charge is 2.38. The standard InChI is InChI=1S/C58H70F6N4O6/c1-5-42-28-46(37(3)66-73-34-40-18-23-51(44-13-9-7-10-14-44)53(26-40)57(59,60)61)20-21-47(42)31-68-32-49(33-68)56(71)72-36-48(55(69)70)30-65-29-39-17-22-50(43(6-2)25-39)38(4)67-74-35-41-19-24-52(45-15-11-8-12-16-45)54(27-41)58(62,63)64/h17-28,44-45,48-49,65H,5-16,29-36H2,1-4H3,(H,69,70). The molecule has 4 aromatic rings. The smallest absolute Gasteiger partial charge is 0.416 e. The zero-order chi connectivity index (χ0) is 53.0. The average Bonchev–Trinajstić information content (AvgIpc) is 3.37. The Hall–Kier alpha value is -5.74. The molecule has 0 radical (unpaired) electrons. The number of ether oxygens (including phenoxy) is 1. The molecule has 2 saturated carbocycles. The molecule has 0 aromatic heterocycles. The first-order chi connectivity index (χ1) is 35.4. The molecule has 1 aliphatic heterocycles. The van der Waals surface area contributed by atoms with Crippen LogP contribution >= 0.6 is 0 Å². The molecule has 1 unspecified atom stereocenters. The summed E-state index contributed by atoms with van der Waals surface area (Å²) in [5.41, 5.74) is 7.21. The number of hydrogen-bond acceptors (Lipinski definition) is 9.